The van der Waals surface area contributed by atoms with Crippen molar-refractivity contribution in [3.8, 4) is 0 Å². The molecule has 1 fully saturated rings. The van der Waals surface area contributed by atoms with Crippen LogP contribution in [0.25, 0.3) is 0 Å². The molecule has 1 aliphatic carbocycles. The zero-order valence-corrected chi connectivity index (χ0v) is 12.8. The number of rotatable bonds is 3. The second kappa shape index (κ2) is 5.66. The van der Waals surface area contributed by atoms with Gasteiger partial charge in [-0.3, -0.25) is 0 Å². The van der Waals surface area contributed by atoms with Crippen LogP contribution in [-0.2, 0) is 11.8 Å². The van der Waals surface area contributed by atoms with E-state index in [1.54, 1.807) is 0 Å². The first-order chi connectivity index (χ1) is 8.95. The Hall–Kier alpha value is -0.820. The molecule has 1 aromatic carbocycles. The Morgan fingerprint density at radius 3 is 2.63 bits per heavy atom. The fraction of sp³-hybridized carbons (Fsp3) is 0.667. The van der Waals surface area contributed by atoms with E-state index < -0.39 is 0 Å². The third-order valence-electron chi connectivity index (χ3n) is 5.09. The maximum Gasteiger partial charge on any atom is 0.0579 e. The molecule has 0 spiro atoms. The standard InChI is InChI=1S/C18H28O/c1-5-14-7-6-8-15(12-14)18(3,4)16-10-9-13(2)11-17(16)19/h6-8,12-13,16-17,19H,5,9-11H2,1-4H3. The molecule has 0 radical (unpaired) electrons. The summed E-state index contributed by atoms with van der Waals surface area (Å²) in [7, 11) is 0. The summed E-state index contributed by atoms with van der Waals surface area (Å²) in [5, 5.41) is 10.5. The predicted octanol–water partition coefficient (Wildman–Crippen LogP) is 4.32. The van der Waals surface area contributed by atoms with Gasteiger partial charge < -0.3 is 5.11 Å². The average molecular weight is 260 g/mol. The minimum absolute atomic E-state index is 0.0603. The highest BCUT2D eigenvalue weighted by atomic mass is 16.3. The van der Waals surface area contributed by atoms with Gasteiger partial charge in [-0.05, 0) is 47.6 Å². The van der Waals surface area contributed by atoms with E-state index in [9.17, 15) is 5.11 Å². The van der Waals surface area contributed by atoms with E-state index in [-0.39, 0.29) is 11.5 Å². The quantitative estimate of drug-likeness (QED) is 0.858. The number of aliphatic hydroxyl groups is 1. The SMILES string of the molecule is CCc1cccc(C(C)(C)C2CCC(C)CC2O)c1. The van der Waals surface area contributed by atoms with Gasteiger partial charge in [0, 0.05) is 0 Å². The Balaban J connectivity index is 2.25. The predicted molar refractivity (Wildman–Crippen MR) is 81.4 cm³/mol. The lowest BCUT2D eigenvalue weighted by atomic mass is 9.64. The Morgan fingerprint density at radius 2 is 2.00 bits per heavy atom. The van der Waals surface area contributed by atoms with E-state index in [0.717, 1.165) is 19.3 Å². The van der Waals surface area contributed by atoms with Gasteiger partial charge in [0.2, 0.25) is 0 Å². The molecule has 1 aromatic rings. The van der Waals surface area contributed by atoms with Crippen LogP contribution < -0.4 is 0 Å². The van der Waals surface area contributed by atoms with Crippen molar-refractivity contribution < 1.29 is 5.11 Å². The van der Waals surface area contributed by atoms with Crippen molar-refractivity contribution in [3.05, 3.63) is 35.4 Å². The zero-order valence-electron chi connectivity index (χ0n) is 12.8. The first kappa shape index (κ1) is 14.6. The van der Waals surface area contributed by atoms with Gasteiger partial charge in [-0.25, -0.2) is 0 Å². The molecule has 2 rings (SSSR count). The van der Waals surface area contributed by atoms with Crippen LogP contribution in [0.15, 0.2) is 24.3 Å². The first-order valence-electron chi connectivity index (χ1n) is 7.72. The zero-order chi connectivity index (χ0) is 14.0. The van der Waals surface area contributed by atoms with Crippen molar-refractivity contribution in [2.75, 3.05) is 0 Å². The fourth-order valence-corrected chi connectivity index (χ4v) is 3.60. The lowest BCUT2D eigenvalue weighted by Gasteiger charge is -2.42. The van der Waals surface area contributed by atoms with Crippen molar-refractivity contribution in [2.45, 2.75) is 64.9 Å². The molecule has 1 saturated carbocycles. The molecule has 0 saturated heterocycles. The fourth-order valence-electron chi connectivity index (χ4n) is 3.60. The number of benzene rings is 1. The lowest BCUT2D eigenvalue weighted by molar-refractivity contribution is 0.0143. The molecular formula is C18H28O. The highest BCUT2D eigenvalue weighted by molar-refractivity contribution is 5.30. The van der Waals surface area contributed by atoms with Gasteiger partial charge in [-0.15, -0.1) is 0 Å². The van der Waals surface area contributed by atoms with Crippen molar-refractivity contribution in [1.29, 1.82) is 0 Å². The second-order valence-corrected chi connectivity index (χ2v) is 6.87. The number of aliphatic hydroxyl groups excluding tert-OH is 1. The monoisotopic (exact) mass is 260 g/mol. The first-order valence-corrected chi connectivity index (χ1v) is 7.72. The maximum absolute atomic E-state index is 10.5. The summed E-state index contributed by atoms with van der Waals surface area (Å²) in [4.78, 5) is 0. The van der Waals surface area contributed by atoms with Crippen LogP contribution in [0, 0.1) is 11.8 Å². The van der Waals surface area contributed by atoms with Gasteiger partial charge in [0.25, 0.3) is 0 Å². The van der Waals surface area contributed by atoms with Crippen LogP contribution in [0.2, 0.25) is 0 Å². The van der Waals surface area contributed by atoms with Crippen LogP contribution in [-0.4, -0.2) is 11.2 Å². The van der Waals surface area contributed by atoms with Crippen molar-refractivity contribution in [1.82, 2.24) is 0 Å². The van der Waals surface area contributed by atoms with E-state index in [0.29, 0.717) is 11.8 Å². The summed E-state index contributed by atoms with van der Waals surface area (Å²) in [5.74, 6) is 1.06. The molecule has 1 N–H and O–H groups in total. The Bertz CT molecular complexity index is 421. The van der Waals surface area contributed by atoms with E-state index in [2.05, 4.69) is 52.0 Å². The van der Waals surface area contributed by atoms with Gasteiger partial charge in [0.05, 0.1) is 6.10 Å². The second-order valence-electron chi connectivity index (χ2n) is 6.87. The minimum Gasteiger partial charge on any atom is -0.393 e. The average Bonchev–Trinajstić information content (AvgIpc) is 2.38. The van der Waals surface area contributed by atoms with Crippen LogP contribution in [0.5, 0.6) is 0 Å². The van der Waals surface area contributed by atoms with Crippen molar-refractivity contribution >= 4 is 0 Å². The molecule has 106 valence electrons. The van der Waals surface area contributed by atoms with Gasteiger partial charge in [-0.1, -0.05) is 58.4 Å². The molecule has 19 heavy (non-hydrogen) atoms. The van der Waals surface area contributed by atoms with E-state index in [4.69, 9.17) is 0 Å². The topological polar surface area (TPSA) is 20.2 Å². The number of hydrogen-bond acceptors (Lipinski definition) is 1. The maximum atomic E-state index is 10.5. The largest absolute Gasteiger partial charge is 0.393 e. The lowest BCUT2D eigenvalue weighted by Crippen LogP contribution is -2.41. The molecule has 3 atom stereocenters. The van der Waals surface area contributed by atoms with Gasteiger partial charge in [0.1, 0.15) is 0 Å². The molecular weight excluding hydrogens is 232 g/mol. The summed E-state index contributed by atoms with van der Waals surface area (Å²) >= 11 is 0. The number of aryl methyl sites for hydroxylation is 1. The Kier molecular flexibility index (Phi) is 4.35. The van der Waals surface area contributed by atoms with Crippen LogP contribution >= 0.6 is 0 Å². The van der Waals surface area contributed by atoms with Gasteiger partial charge in [0.15, 0.2) is 0 Å². The molecule has 1 aliphatic rings. The van der Waals surface area contributed by atoms with E-state index in [1.807, 2.05) is 0 Å². The molecule has 1 heteroatoms. The minimum atomic E-state index is -0.149. The van der Waals surface area contributed by atoms with Crippen LogP contribution in [0.4, 0.5) is 0 Å². The summed E-state index contributed by atoms with van der Waals surface area (Å²) in [6, 6.07) is 8.90. The molecule has 0 amide bonds. The highest BCUT2D eigenvalue weighted by Gasteiger charge is 2.39. The molecule has 0 aliphatic heterocycles. The summed E-state index contributed by atoms with van der Waals surface area (Å²) < 4.78 is 0. The third kappa shape index (κ3) is 3.02. The summed E-state index contributed by atoms with van der Waals surface area (Å²) in [6.45, 7) is 9.05. The van der Waals surface area contributed by atoms with Gasteiger partial charge in [-0.2, -0.15) is 0 Å². The molecule has 1 nitrogen and oxygen atoms in total. The van der Waals surface area contributed by atoms with E-state index >= 15 is 0 Å². The van der Waals surface area contributed by atoms with Crippen molar-refractivity contribution in [3.63, 3.8) is 0 Å². The van der Waals surface area contributed by atoms with Crippen molar-refractivity contribution in [2.24, 2.45) is 11.8 Å². The Labute approximate surface area is 118 Å². The summed E-state index contributed by atoms with van der Waals surface area (Å²) in [5.41, 5.74) is 2.83. The highest BCUT2D eigenvalue weighted by Crippen LogP contribution is 2.42. The molecule has 0 aromatic heterocycles. The van der Waals surface area contributed by atoms with E-state index in [1.165, 1.54) is 17.5 Å². The number of hydrogen-bond donors (Lipinski definition) is 1. The smallest absolute Gasteiger partial charge is 0.0579 e. The normalized spacial score (nSPS) is 28.4. The molecule has 0 bridgehead atoms. The summed E-state index contributed by atoms with van der Waals surface area (Å²) in [6.07, 6.45) is 4.28. The molecule has 3 unspecified atom stereocenters. The van der Waals surface area contributed by atoms with Crippen LogP contribution in [0.3, 0.4) is 0 Å². The van der Waals surface area contributed by atoms with Crippen LogP contribution in [0.1, 0.15) is 58.1 Å². The van der Waals surface area contributed by atoms with Gasteiger partial charge >= 0.3 is 0 Å². The Morgan fingerprint density at radius 1 is 1.26 bits per heavy atom. The third-order valence-corrected chi connectivity index (χ3v) is 5.09. The molecule has 0 heterocycles.